The molecule has 11 heteroatoms. The fraction of sp³-hybridized carbons (Fsp3) is 0.718. The van der Waals surface area contributed by atoms with E-state index >= 15 is 0 Å². The van der Waals surface area contributed by atoms with E-state index in [0.717, 1.165) is 56.8 Å². The number of benzene rings is 1. The van der Waals surface area contributed by atoms with Crippen LogP contribution in [-0.4, -0.2) is 122 Å². The van der Waals surface area contributed by atoms with Gasteiger partial charge in [-0.25, -0.2) is 0 Å². The Morgan fingerprint density at radius 1 is 0.880 bits per heavy atom. The second-order valence-electron chi connectivity index (χ2n) is 14.4. The Bertz CT molecular complexity index is 1050. The number of ketones is 1. The van der Waals surface area contributed by atoms with Crippen molar-refractivity contribution in [3.05, 3.63) is 35.9 Å². The van der Waals surface area contributed by atoms with Gasteiger partial charge in [0.05, 0.1) is 12.6 Å². The van der Waals surface area contributed by atoms with Crippen LogP contribution in [0.25, 0.3) is 0 Å². The zero-order valence-corrected chi connectivity index (χ0v) is 32.7. The lowest BCUT2D eigenvalue weighted by Crippen LogP contribution is -2.53. The van der Waals surface area contributed by atoms with Crippen molar-refractivity contribution in [2.24, 2.45) is 11.8 Å². The number of likely N-dealkylation sites (tertiary alicyclic amines) is 3. The SMILES string of the molecule is CC(C)=O.CC(C)C.CC(C)[C@@H](CN1CCC[C@H]1C(=O)N1CCCC1)N(C)C(=O)CNC=O.CN1CCCCC1.O=COCc1ccccc1. The lowest BCUT2D eigenvalue weighted by Gasteiger charge is -2.37. The predicted octanol–water partition coefficient (Wildman–Crippen LogP) is 5.02. The Balaban J connectivity index is 0.000000776. The molecule has 1 N–H and O–H groups in total. The van der Waals surface area contributed by atoms with Crippen molar-refractivity contribution in [1.82, 2.24) is 24.9 Å². The maximum atomic E-state index is 12.8. The number of hydrogen-bond acceptors (Lipinski definition) is 8. The van der Waals surface area contributed by atoms with Crippen LogP contribution in [0.2, 0.25) is 0 Å². The van der Waals surface area contributed by atoms with Gasteiger partial charge in [0.25, 0.3) is 6.47 Å². The van der Waals surface area contributed by atoms with Crippen molar-refractivity contribution in [3.63, 3.8) is 0 Å². The highest BCUT2D eigenvalue weighted by atomic mass is 16.5. The van der Waals surface area contributed by atoms with Gasteiger partial charge in [0.1, 0.15) is 12.4 Å². The molecule has 4 rings (SSSR count). The molecule has 0 radical (unpaired) electrons. The van der Waals surface area contributed by atoms with E-state index in [1.54, 1.807) is 11.9 Å². The van der Waals surface area contributed by atoms with E-state index in [-0.39, 0.29) is 42.1 Å². The Kier molecular flexibility index (Phi) is 26.5. The molecule has 286 valence electrons. The molecule has 3 amide bonds. The summed E-state index contributed by atoms with van der Waals surface area (Å²) in [5.41, 5.74) is 1.01. The van der Waals surface area contributed by atoms with Crippen LogP contribution < -0.4 is 5.32 Å². The quantitative estimate of drug-likeness (QED) is 0.319. The molecule has 0 spiro atoms. The third-order valence-electron chi connectivity index (χ3n) is 8.23. The summed E-state index contributed by atoms with van der Waals surface area (Å²) in [7, 11) is 3.98. The van der Waals surface area contributed by atoms with Crippen molar-refractivity contribution in [3.8, 4) is 0 Å². The van der Waals surface area contributed by atoms with Gasteiger partial charge in [-0.3, -0.25) is 24.1 Å². The van der Waals surface area contributed by atoms with Crippen LogP contribution in [0.1, 0.15) is 99.0 Å². The molecule has 3 heterocycles. The van der Waals surface area contributed by atoms with Crippen LogP contribution in [0.3, 0.4) is 0 Å². The summed E-state index contributed by atoms with van der Waals surface area (Å²) < 4.78 is 4.54. The van der Waals surface area contributed by atoms with Crippen molar-refractivity contribution in [2.75, 3.05) is 59.9 Å². The zero-order chi connectivity index (χ0) is 37.9. The van der Waals surface area contributed by atoms with Crippen molar-refractivity contribution < 1.29 is 28.7 Å². The molecular formula is C39H69N5O6. The number of likely N-dealkylation sites (N-methyl/N-ethyl adjacent to an activating group) is 1. The Hall–Kier alpha value is -3.31. The highest BCUT2D eigenvalue weighted by Gasteiger charge is 2.37. The first-order chi connectivity index (χ1) is 23.7. The summed E-state index contributed by atoms with van der Waals surface area (Å²) in [6.45, 7) is 20.6. The highest BCUT2D eigenvalue weighted by Crippen LogP contribution is 2.24. The van der Waals surface area contributed by atoms with Gasteiger partial charge in [-0.15, -0.1) is 0 Å². The molecule has 2 atom stereocenters. The number of amides is 3. The second kappa shape index (κ2) is 28.4. The van der Waals surface area contributed by atoms with Crippen molar-refractivity contribution >= 4 is 30.5 Å². The number of nitrogens with one attached hydrogen (secondary N) is 1. The van der Waals surface area contributed by atoms with E-state index in [9.17, 15) is 24.0 Å². The van der Waals surface area contributed by atoms with Gasteiger partial charge in [-0.1, -0.05) is 71.4 Å². The summed E-state index contributed by atoms with van der Waals surface area (Å²) in [6, 6.07) is 9.52. The fourth-order valence-corrected chi connectivity index (χ4v) is 5.69. The lowest BCUT2D eigenvalue weighted by molar-refractivity contribution is -0.136. The Morgan fingerprint density at radius 2 is 1.42 bits per heavy atom. The number of carbonyl (C=O) groups excluding carboxylic acids is 5. The summed E-state index contributed by atoms with van der Waals surface area (Å²) in [4.78, 5) is 63.1. The molecule has 1 aromatic carbocycles. The average Bonchev–Trinajstić information content (AvgIpc) is 3.78. The van der Waals surface area contributed by atoms with E-state index in [0.29, 0.717) is 26.0 Å². The van der Waals surface area contributed by atoms with Crippen molar-refractivity contribution in [1.29, 1.82) is 0 Å². The molecule has 1 aromatic rings. The maximum absolute atomic E-state index is 12.8. The standard InChI is InChI=1S/C18H32N4O3.C8H8O2.C6H13N.C4H10.C3H6O/c1-14(2)16(20(3)17(24)11-19-13-23)12-22-10-6-7-15(22)18(25)21-8-4-5-9-21;9-7-10-6-8-4-2-1-3-5-8;1-7-5-3-2-4-6-7;1-4(2)3;1-3(2)4/h13-16H,4-12H2,1-3H3,(H,19,23);1-5,7H,6H2;2-6H2,1H3;4H,1-3H3;1-2H3/t15-,16+;;;;/m0..../s1. The van der Waals surface area contributed by atoms with Gasteiger partial charge in [-0.05, 0) is 96.5 Å². The first-order valence-electron chi connectivity index (χ1n) is 18.4. The smallest absolute Gasteiger partial charge is 0.293 e. The number of rotatable bonds is 11. The molecule has 3 aliphatic heterocycles. The third kappa shape index (κ3) is 22.4. The molecule has 3 fully saturated rings. The normalized spacial score (nSPS) is 17.7. The van der Waals surface area contributed by atoms with Crippen LogP contribution in [0.15, 0.2) is 30.3 Å². The minimum atomic E-state index is -0.104. The molecule has 0 aromatic heterocycles. The van der Waals surface area contributed by atoms with Crippen LogP contribution in [0, 0.1) is 11.8 Å². The summed E-state index contributed by atoms with van der Waals surface area (Å²) in [5.74, 6) is 1.43. The van der Waals surface area contributed by atoms with E-state index < -0.39 is 0 Å². The molecule has 11 nitrogen and oxygen atoms in total. The monoisotopic (exact) mass is 704 g/mol. The van der Waals surface area contributed by atoms with E-state index in [1.165, 1.54) is 46.2 Å². The number of piperidine rings is 1. The molecule has 0 unspecified atom stereocenters. The number of ether oxygens (including phenoxy) is 1. The number of carbonyl (C=O) groups is 5. The van der Waals surface area contributed by atoms with E-state index in [4.69, 9.17) is 0 Å². The summed E-state index contributed by atoms with van der Waals surface area (Å²) in [6.07, 6.45) is 8.96. The first-order valence-corrected chi connectivity index (χ1v) is 18.4. The van der Waals surface area contributed by atoms with Crippen LogP contribution >= 0.6 is 0 Å². The molecular weight excluding hydrogens is 634 g/mol. The number of nitrogens with zero attached hydrogens (tertiary/aromatic N) is 4. The summed E-state index contributed by atoms with van der Waals surface area (Å²) in [5, 5.41) is 2.43. The van der Waals surface area contributed by atoms with Crippen LogP contribution in [0.5, 0.6) is 0 Å². The third-order valence-corrected chi connectivity index (χ3v) is 8.23. The maximum Gasteiger partial charge on any atom is 0.293 e. The van der Waals surface area contributed by atoms with Crippen LogP contribution in [0.4, 0.5) is 0 Å². The molecule has 0 saturated carbocycles. The van der Waals surface area contributed by atoms with Crippen LogP contribution in [-0.2, 0) is 35.3 Å². The van der Waals surface area contributed by atoms with Gasteiger partial charge in [0.15, 0.2) is 0 Å². The second-order valence-corrected chi connectivity index (χ2v) is 14.4. The van der Waals surface area contributed by atoms with Crippen molar-refractivity contribution in [2.45, 2.75) is 112 Å². The number of Topliss-reactive ketones (excluding diaryl/α,β-unsaturated/α-hetero) is 1. The average molecular weight is 704 g/mol. The Labute approximate surface area is 303 Å². The first kappa shape index (κ1) is 46.7. The van der Waals surface area contributed by atoms with Gasteiger partial charge >= 0.3 is 0 Å². The van der Waals surface area contributed by atoms with Gasteiger partial charge in [0, 0.05) is 32.7 Å². The van der Waals surface area contributed by atoms with E-state index in [1.807, 2.05) is 35.2 Å². The molecule has 0 aliphatic carbocycles. The molecule has 3 aliphatic rings. The van der Waals surface area contributed by atoms with E-state index in [2.05, 4.69) is 61.5 Å². The van der Waals surface area contributed by atoms with Gasteiger partial charge < -0.3 is 29.5 Å². The Morgan fingerprint density at radius 3 is 1.88 bits per heavy atom. The molecule has 0 bridgehead atoms. The lowest BCUT2D eigenvalue weighted by atomic mass is 10.0. The summed E-state index contributed by atoms with van der Waals surface area (Å²) >= 11 is 0. The zero-order valence-electron chi connectivity index (χ0n) is 32.7. The van der Waals surface area contributed by atoms with Gasteiger partial charge in [0.2, 0.25) is 18.2 Å². The minimum absolute atomic E-state index is 0.0133. The number of hydrogen-bond donors (Lipinski definition) is 1. The highest BCUT2D eigenvalue weighted by molar-refractivity contribution is 5.82. The topological polar surface area (TPSA) is 120 Å². The largest absolute Gasteiger partial charge is 0.463 e. The molecule has 50 heavy (non-hydrogen) atoms. The molecule has 3 saturated heterocycles. The fourth-order valence-electron chi connectivity index (χ4n) is 5.69. The van der Waals surface area contributed by atoms with Gasteiger partial charge in [-0.2, -0.15) is 0 Å². The minimum Gasteiger partial charge on any atom is -0.463 e. The predicted molar refractivity (Wildman–Crippen MR) is 201 cm³/mol.